The molecule has 0 aliphatic carbocycles. The van der Waals surface area contributed by atoms with E-state index in [1.165, 1.54) is 0 Å². The van der Waals surface area contributed by atoms with Crippen LogP contribution in [0.1, 0.15) is 13.3 Å². The zero-order valence-electron chi connectivity index (χ0n) is 13.2. The first-order valence-electron chi connectivity index (χ1n) is 7.50. The summed E-state index contributed by atoms with van der Waals surface area (Å²) in [6.45, 7) is 4.93. The Balaban J connectivity index is 1.85. The minimum Gasteiger partial charge on any atom is -0.497 e. The molecule has 0 saturated carbocycles. The molecule has 6 nitrogen and oxygen atoms in total. The molecule has 0 radical (unpaired) electrons. The average Bonchev–Trinajstić information content (AvgIpc) is 2.73. The van der Waals surface area contributed by atoms with E-state index >= 15 is 0 Å². The van der Waals surface area contributed by atoms with Crippen LogP contribution in [0.3, 0.4) is 0 Å². The molecule has 1 aliphatic rings. The van der Waals surface area contributed by atoms with Crippen LogP contribution in [0.5, 0.6) is 5.75 Å². The van der Waals surface area contributed by atoms with Gasteiger partial charge in [0.2, 0.25) is 11.8 Å². The molecule has 1 aromatic rings. The largest absolute Gasteiger partial charge is 0.497 e. The summed E-state index contributed by atoms with van der Waals surface area (Å²) in [4.78, 5) is 27.4. The van der Waals surface area contributed by atoms with Crippen LogP contribution in [0.2, 0.25) is 0 Å². The molecule has 0 spiro atoms. The molecule has 2 amide bonds. The number of anilines is 1. The highest BCUT2D eigenvalue weighted by Crippen LogP contribution is 2.16. The molecule has 0 atom stereocenters. The molecule has 1 fully saturated rings. The third kappa shape index (κ3) is 4.73. The van der Waals surface area contributed by atoms with Gasteiger partial charge in [0.15, 0.2) is 0 Å². The maximum Gasteiger partial charge on any atom is 0.238 e. The molecule has 2 rings (SSSR count). The number of hydrogen-bond acceptors (Lipinski definition) is 4. The van der Waals surface area contributed by atoms with Crippen LogP contribution in [0.15, 0.2) is 24.3 Å². The average molecular weight is 305 g/mol. The van der Waals surface area contributed by atoms with Gasteiger partial charge >= 0.3 is 0 Å². The predicted octanol–water partition coefficient (Wildman–Crippen LogP) is 1.19. The van der Waals surface area contributed by atoms with Gasteiger partial charge in [0.1, 0.15) is 5.75 Å². The summed E-state index contributed by atoms with van der Waals surface area (Å²) in [6.07, 6.45) is 0.895. The molecule has 120 valence electrons. The Kier molecular flexibility index (Phi) is 5.77. The summed E-state index contributed by atoms with van der Waals surface area (Å²) in [6, 6.07) is 7.30. The highest BCUT2D eigenvalue weighted by molar-refractivity contribution is 5.92. The van der Waals surface area contributed by atoms with Gasteiger partial charge in [0, 0.05) is 44.9 Å². The van der Waals surface area contributed by atoms with E-state index in [4.69, 9.17) is 4.74 Å². The molecular formula is C16H23N3O3. The Morgan fingerprint density at radius 1 is 1.23 bits per heavy atom. The molecule has 1 saturated heterocycles. The van der Waals surface area contributed by atoms with Gasteiger partial charge in [-0.25, -0.2) is 0 Å². The van der Waals surface area contributed by atoms with E-state index in [1.54, 1.807) is 20.1 Å². The monoisotopic (exact) mass is 305 g/mol. The van der Waals surface area contributed by atoms with E-state index in [2.05, 4.69) is 10.2 Å². The third-order valence-electron chi connectivity index (χ3n) is 3.75. The number of methoxy groups -OCH3 is 1. The third-order valence-corrected chi connectivity index (χ3v) is 3.75. The number of hydrogen-bond donors (Lipinski definition) is 1. The van der Waals surface area contributed by atoms with E-state index in [1.807, 2.05) is 23.1 Å². The predicted molar refractivity (Wildman–Crippen MR) is 84.9 cm³/mol. The molecule has 0 unspecified atom stereocenters. The SMILES string of the molecule is COc1cccc(NC(=O)CN2CCCN(C(C)=O)CC2)c1. The number of nitrogens with zero attached hydrogens (tertiary/aromatic N) is 2. The molecule has 0 aromatic heterocycles. The first kappa shape index (κ1) is 16.3. The standard InChI is InChI=1S/C16H23N3O3/c1-13(20)19-8-4-7-18(9-10-19)12-16(21)17-14-5-3-6-15(11-14)22-2/h3,5-6,11H,4,7-10,12H2,1-2H3,(H,17,21). The van der Waals surface area contributed by atoms with Crippen LogP contribution in [-0.2, 0) is 9.59 Å². The first-order valence-corrected chi connectivity index (χ1v) is 7.50. The summed E-state index contributed by atoms with van der Waals surface area (Å²) in [7, 11) is 1.60. The lowest BCUT2D eigenvalue weighted by atomic mass is 10.3. The van der Waals surface area contributed by atoms with E-state index in [9.17, 15) is 9.59 Å². The Hall–Kier alpha value is -2.08. The molecule has 1 N–H and O–H groups in total. The number of carbonyl (C=O) groups excluding carboxylic acids is 2. The number of ether oxygens (including phenoxy) is 1. The molecule has 1 aliphatic heterocycles. The smallest absolute Gasteiger partial charge is 0.238 e. The fourth-order valence-corrected chi connectivity index (χ4v) is 2.55. The van der Waals surface area contributed by atoms with Crippen molar-refractivity contribution in [1.82, 2.24) is 9.80 Å². The number of nitrogens with one attached hydrogen (secondary N) is 1. The van der Waals surface area contributed by atoms with Crippen LogP contribution >= 0.6 is 0 Å². The Labute approximate surface area is 131 Å². The molecule has 6 heteroatoms. The van der Waals surface area contributed by atoms with Crippen molar-refractivity contribution in [2.45, 2.75) is 13.3 Å². The highest BCUT2D eigenvalue weighted by Gasteiger charge is 2.18. The second-order valence-corrected chi connectivity index (χ2v) is 5.42. The van der Waals surface area contributed by atoms with Gasteiger partial charge in [-0.3, -0.25) is 14.5 Å². The van der Waals surface area contributed by atoms with Crippen LogP contribution < -0.4 is 10.1 Å². The van der Waals surface area contributed by atoms with Gasteiger partial charge in [-0.05, 0) is 18.6 Å². The van der Waals surface area contributed by atoms with Crippen LogP contribution in [0.4, 0.5) is 5.69 Å². The fraction of sp³-hybridized carbons (Fsp3) is 0.500. The van der Waals surface area contributed by atoms with Gasteiger partial charge in [-0.2, -0.15) is 0 Å². The van der Waals surface area contributed by atoms with E-state index in [0.29, 0.717) is 18.8 Å². The number of rotatable bonds is 4. The Bertz CT molecular complexity index is 533. The zero-order chi connectivity index (χ0) is 15.9. The van der Waals surface area contributed by atoms with E-state index in [0.717, 1.165) is 31.7 Å². The van der Waals surface area contributed by atoms with Gasteiger partial charge < -0.3 is 15.0 Å². The summed E-state index contributed by atoms with van der Waals surface area (Å²) >= 11 is 0. The van der Waals surface area contributed by atoms with Crippen LogP contribution in [0.25, 0.3) is 0 Å². The quantitative estimate of drug-likeness (QED) is 0.907. The van der Waals surface area contributed by atoms with Gasteiger partial charge in [-0.15, -0.1) is 0 Å². The summed E-state index contributed by atoms with van der Waals surface area (Å²) in [5.74, 6) is 0.761. The maximum atomic E-state index is 12.1. The minimum atomic E-state index is -0.0514. The van der Waals surface area contributed by atoms with Crippen molar-refractivity contribution in [2.75, 3.05) is 45.2 Å². The number of amides is 2. The molecule has 0 bridgehead atoms. The molecular weight excluding hydrogens is 282 g/mol. The number of carbonyl (C=O) groups is 2. The Morgan fingerprint density at radius 2 is 2.05 bits per heavy atom. The normalized spacial score (nSPS) is 16.0. The van der Waals surface area contributed by atoms with Gasteiger partial charge in [0.25, 0.3) is 0 Å². The van der Waals surface area contributed by atoms with Crippen molar-refractivity contribution in [1.29, 1.82) is 0 Å². The summed E-state index contributed by atoms with van der Waals surface area (Å²) in [5, 5.41) is 2.88. The topological polar surface area (TPSA) is 61.9 Å². The van der Waals surface area contributed by atoms with E-state index < -0.39 is 0 Å². The molecule has 22 heavy (non-hydrogen) atoms. The van der Waals surface area contributed by atoms with Crippen LogP contribution in [0, 0.1) is 0 Å². The van der Waals surface area contributed by atoms with Crippen molar-refractivity contribution < 1.29 is 14.3 Å². The zero-order valence-corrected chi connectivity index (χ0v) is 13.2. The van der Waals surface area contributed by atoms with Crippen molar-refractivity contribution >= 4 is 17.5 Å². The lowest BCUT2D eigenvalue weighted by Gasteiger charge is -2.20. The lowest BCUT2D eigenvalue weighted by Crippen LogP contribution is -2.37. The van der Waals surface area contributed by atoms with Crippen molar-refractivity contribution in [3.05, 3.63) is 24.3 Å². The van der Waals surface area contributed by atoms with Crippen LogP contribution in [-0.4, -0.2) is 61.4 Å². The van der Waals surface area contributed by atoms with Crippen molar-refractivity contribution in [3.63, 3.8) is 0 Å². The molecule has 1 aromatic carbocycles. The van der Waals surface area contributed by atoms with Crippen molar-refractivity contribution in [2.24, 2.45) is 0 Å². The summed E-state index contributed by atoms with van der Waals surface area (Å²) in [5.41, 5.74) is 0.726. The van der Waals surface area contributed by atoms with E-state index in [-0.39, 0.29) is 11.8 Å². The highest BCUT2D eigenvalue weighted by atomic mass is 16.5. The maximum absolute atomic E-state index is 12.1. The van der Waals surface area contributed by atoms with Gasteiger partial charge in [-0.1, -0.05) is 6.07 Å². The fourth-order valence-electron chi connectivity index (χ4n) is 2.55. The molecule has 1 heterocycles. The second kappa shape index (κ2) is 7.79. The van der Waals surface area contributed by atoms with Gasteiger partial charge in [0.05, 0.1) is 13.7 Å². The first-order chi connectivity index (χ1) is 10.6. The second-order valence-electron chi connectivity index (χ2n) is 5.42. The van der Waals surface area contributed by atoms with Crippen molar-refractivity contribution in [3.8, 4) is 5.75 Å². The lowest BCUT2D eigenvalue weighted by molar-refractivity contribution is -0.128. The summed E-state index contributed by atoms with van der Waals surface area (Å²) < 4.78 is 5.14. The Morgan fingerprint density at radius 3 is 2.77 bits per heavy atom. The number of benzene rings is 1. The minimum absolute atomic E-state index is 0.0514.